The van der Waals surface area contributed by atoms with Crippen molar-refractivity contribution < 1.29 is 84.6 Å². The van der Waals surface area contributed by atoms with Crippen LogP contribution in [-0.2, 0) is 0 Å². The van der Waals surface area contributed by atoms with Crippen LogP contribution in [0.1, 0.15) is 0 Å². The molecular weight excluding hydrogens is 438 g/mol. The molecule has 13 heavy (non-hydrogen) atoms. The maximum Gasteiger partial charge on any atom is 2.00 e. The summed E-state index contributed by atoms with van der Waals surface area (Å²) in [6, 6.07) is 0. The van der Waals surface area contributed by atoms with Crippen LogP contribution >= 0.6 is 0 Å². The minimum atomic E-state index is -4.01. The Morgan fingerprint density at radius 1 is 0.462 bits per heavy atom. The van der Waals surface area contributed by atoms with E-state index in [2.05, 4.69) is 0 Å². The van der Waals surface area contributed by atoms with E-state index in [1.807, 2.05) is 0 Å². The van der Waals surface area contributed by atoms with Gasteiger partial charge in [0.15, 0.2) is 0 Å². The summed E-state index contributed by atoms with van der Waals surface area (Å²) in [5, 5.41) is 0. The maximum absolute atomic E-state index is 8.57. The average Bonchev–Trinajstić information content (AvgIpc) is 1.25. The minimum absolute atomic E-state index is 0. The van der Waals surface area contributed by atoms with Gasteiger partial charge in [-0.25, -0.2) is 0 Å². The van der Waals surface area contributed by atoms with E-state index in [9.17, 15) is 0 Å². The Bertz CT molecular complexity index is 28.4. The smallest absolute Gasteiger partial charge is 0.427 e. The molecule has 0 spiro atoms. The first-order valence-electron chi connectivity index (χ1n) is 0.926. The Morgan fingerprint density at radius 2 is 0.462 bits per heavy atom. The molecule has 13 heteroatoms. The van der Waals surface area contributed by atoms with Crippen LogP contribution in [0.5, 0.6) is 0 Å². The quantitative estimate of drug-likeness (QED) is 0.257. The first-order valence-corrected chi connectivity index (χ1v) is 6.21. The first-order chi connectivity index (χ1) is 3.46. The van der Waals surface area contributed by atoms with Crippen molar-refractivity contribution in [3.8, 4) is 0 Å². The Kier molecular flexibility index (Phi) is 132. The largest absolute Gasteiger partial charge is 2.00 e. The van der Waals surface area contributed by atoms with Gasteiger partial charge in [-0.3, -0.25) is 0 Å². The Morgan fingerprint density at radius 3 is 0.462 bits per heavy atom. The van der Waals surface area contributed by atoms with Crippen LogP contribution in [-0.4, -0.2) is 45.0 Å². The molecule has 10 nitrogen and oxygen atoms in total. The number of hydrogen-bond acceptors (Lipinski definition) is 6. The molecule has 0 aliphatic rings. The summed E-state index contributed by atoms with van der Waals surface area (Å²) in [4.78, 5) is 0. The predicted octanol–water partition coefficient (Wildman–Crippen LogP) is -16.8. The standard InChI is InChI=1S/2IO3.Mg.4H2O/c2*2-1(3)4;;;;;/h;;;4*1H2/q2*-1;+2;;;;. The number of hydrogen-bond donors (Lipinski definition) is 0. The second-order valence-corrected chi connectivity index (χ2v) is 2.54. The van der Waals surface area contributed by atoms with Crippen LogP contribution in [0.4, 0.5) is 0 Å². The van der Waals surface area contributed by atoms with E-state index >= 15 is 0 Å². The van der Waals surface area contributed by atoms with Gasteiger partial charge in [0, 0.05) is 0 Å². The summed E-state index contributed by atoms with van der Waals surface area (Å²) >= 11 is -8.03. The van der Waals surface area contributed by atoms with Crippen molar-refractivity contribution in [3.63, 3.8) is 0 Å². The normalized spacial score (nSPS) is 5.54. The van der Waals surface area contributed by atoms with E-state index < -0.39 is 42.1 Å². The third-order valence-electron chi connectivity index (χ3n) is 0. The summed E-state index contributed by atoms with van der Waals surface area (Å²) in [5.74, 6) is 0. The molecule has 0 aromatic carbocycles. The van der Waals surface area contributed by atoms with E-state index in [1.165, 1.54) is 0 Å². The molecular formula is H8I2MgO10. The molecule has 0 unspecified atom stereocenters. The molecule has 0 aliphatic carbocycles. The van der Waals surface area contributed by atoms with E-state index in [1.54, 1.807) is 0 Å². The topological polar surface area (TPSA) is 264 Å². The molecule has 0 rings (SSSR count). The molecule has 0 radical (unpaired) electrons. The minimum Gasteiger partial charge on any atom is -0.427 e. The van der Waals surface area contributed by atoms with Crippen LogP contribution in [0.15, 0.2) is 0 Å². The van der Waals surface area contributed by atoms with Crippen molar-refractivity contribution in [2.75, 3.05) is 0 Å². The molecule has 0 amide bonds. The molecule has 0 aromatic rings. The molecule has 0 heterocycles. The zero-order valence-electron chi connectivity index (χ0n) is 5.91. The molecule has 0 fully saturated rings. The monoisotopic (exact) mass is 446 g/mol. The Hall–Kier alpha value is 1.83. The molecule has 0 bridgehead atoms. The summed E-state index contributed by atoms with van der Waals surface area (Å²) in [6.07, 6.45) is 0. The molecule has 0 atom stereocenters. The van der Waals surface area contributed by atoms with Gasteiger partial charge >= 0.3 is 23.1 Å². The van der Waals surface area contributed by atoms with Gasteiger partial charge in [-0.15, -0.1) is 0 Å². The maximum atomic E-state index is 8.57. The van der Waals surface area contributed by atoms with Crippen molar-refractivity contribution in [1.29, 1.82) is 0 Å². The van der Waals surface area contributed by atoms with Gasteiger partial charge in [0.1, 0.15) is 0 Å². The van der Waals surface area contributed by atoms with E-state index in [4.69, 9.17) is 20.6 Å². The van der Waals surface area contributed by atoms with Crippen molar-refractivity contribution in [2.45, 2.75) is 0 Å². The second kappa shape index (κ2) is 37.1. The van der Waals surface area contributed by atoms with Crippen LogP contribution < -0.4 is 62.7 Å². The molecule has 0 aromatic heterocycles. The SMILES string of the molecule is O.O.O.O.[Mg+2].[O-][I+2]([O-])[O-].[O-][I+2]([O-])[O-]. The van der Waals surface area contributed by atoms with Crippen LogP contribution in [0.3, 0.4) is 0 Å². The predicted molar refractivity (Wildman–Crippen MR) is 20.2 cm³/mol. The average molecular weight is 446 g/mol. The van der Waals surface area contributed by atoms with E-state index in [-0.39, 0.29) is 45.0 Å². The molecule has 8 N–H and O–H groups in total. The summed E-state index contributed by atoms with van der Waals surface area (Å²) in [5.41, 5.74) is 0. The van der Waals surface area contributed by atoms with Gasteiger partial charge in [0.2, 0.25) is 0 Å². The molecule has 0 saturated heterocycles. The zero-order valence-corrected chi connectivity index (χ0v) is 11.6. The van der Waals surface area contributed by atoms with Gasteiger partial charge in [-0.1, -0.05) is 0 Å². The van der Waals surface area contributed by atoms with Crippen LogP contribution in [0.25, 0.3) is 0 Å². The fourth-order valence-electron chi connectivity index (χ4n) is 0. The Labute approximate surface area is 107 Å². The van der Waals surface area contributed by atoms with Crippen LogP contribution in [0.2, 0.25) is 0 Å². The summed E-state index contributed by atoms with van der Waals surface area (Å²) in [6.45, 7) is 0. The number of halogens is 2. The number of rotatable bonds is 0. The van der Waals surface area contributed by atoms with Crippen LogP contribution in [0, 0.1) is 0 Å². The van der Waals surface area contributed by atoms with E-state index in [0.717, 1.165) is 0 Å². The van der Waals surface area contributed by atoms with E-state index in [0.29, 0.717) is 0 Å². The van der Waals surface area contributed by atoms with Crippen molar-refractivity contribution in [2.24, 2.45) is 0 Å². The molecule has 84 valence electrons. The summed E-state index contributed by atoms with van der Waals surface area (Å²) in [7, 11) is 0. The molecule has 0 saturated carbocycles. The summed E-state index contributed by atoms with van der Waals surface area (Å²) < 4.78 is 51.4. The van der Waals surface area contributed by atoms with Gasteiger partial charge in [-0.2, -0.15) is 0 Å². The zero-order chi connectivity index (χ0) is 7.15. The Balaban J connectivity index is -0.00000000800. The second-order valence-electron chi connectivity index (χ2n) is 0.378. The van der Waals surface area contributed by atoms with Crippen molar-refractivity contribution >= 4 is 23.1 Å². The van der Waals surface area contributed by atoms with Gasteiger partial charge < -0.3 is 42.5 Å². The molecule has 0 aliphatic heterocycles. The third-order valence-corrected chi connectivity index (χ3v) is 0. The third kappa shape index (κ3) is 580. The van der Waals surface area contributed by atoms with Gasteiger partial charge in [0.05, 0.1) is 0 Å². The first kappa shape index (κ1) is 46.3. The fourth-order valence-corrected chi connectivity index (χ4v) is 0. The van der Waals surface area contributed by atoms with Gasteiger partial charge in [0.25, 0.3) is 42.1 Å². The van der Waals surface area contributed by atoms with Crippen molar-refractivity contribution in [3.05, 3.63) is 0 Å². The fraction of sp³-hybridized carbons (Fsp3) is 0. The van der Waals surface area contributed by atoms with Crippen molar-refractivity contribution in [1.82, 2.24) is 0 Å². The van der Waals surface area contributed by atoms with Gasteiger partial charge in [-0.05, 0) is 0 Å².